The van der Waals surface area contributed by atoms with E-state index in [-0.39, 0.29) is 0 Å². The molecular formula is C13H19NOS. The normalized spacial score (nSPS) is 23.2. The van der Waals surface area contributed by atoms with E-state index in [9.17, 15) is 0 Å². The average molecular weight is 237 g/mol. The number of hydrogen-bond acceptors (Lipinski definition) is 3. The van der Waals surface area contributed by atoms with Crippen molar-refractivity contribution in [2.75, 3.05) is 14.2 Å². The fourth-order valence-electron chi connectivity index (χ4n) is 2.34. The van der Waals surface area contributed by atoms with Crippen LogP contribution in [0.25, 0.3) is 0 Å². The summed E-state index contributed by atoms with van der Waals surface area (Å²) in [7, 11) is 3.79. The van der Waals surface area contributed by atoms with E-state index in [0.717, 1.165) is 5.75 Å². The Hall–Kier alpha value is -0.670. The van der Waals surface area contributed by atoms with E-state index in [1.807, 2.05) is 24.9 Å². The highest BCUT2D eigenvalue weighted by molar-refractivity contribution is 8.00. The third-order valence-corrected chi connectivity index (χ3v) is 4.57. The van der Waals surface area contributed by atoms with E-state index in [0.29, 0.717) is 11.3 Å². The second-order valence-corrected chi connectivity index (χ2v) is 5.34. The molecular weight excluding hydrogens is 218 g/mol. The van der Waals surface area contributed by atoms with E-state index in [2.05, 4.69) is 24.4 Å². The van der Waals surface area contributed by atoms with Crippen molar-refractivity contribution in [3.05, 3.63) is 23.8 Å². The van der Waals surface area contributed by atoms with Gasteiger partial charge >= 0.3 is 0 Å². The minimum atomic E-state index is 0.468. The van der Waals surface area contributed by atoms with Crippen LogP contribution in [0.4, 0.5) is 0 Å². The zero-order chi connectivity index (χ0) is 11.5. The first-order valence-electron chi connectivity index (χ1n) is 5.82. The topological polar surface area (TPSA) is 21.3 Å². The number of ether oxygens (including phenoxy) is 1. The van der Waals surface area contributed by atoms with Crippen LogP contribution in [0.3, 0.4) is 0 Å². The van der Waals surface area contributed by atoms with Crippen molar-refractivity contribution < 1.29 is 4.74 Å². The summed E-state index contributed by atoms with van der Waals surface area (Å²) in [5.74, 6) is 1.02. The zero-order valence-corrected chi connectivity index (χ0v) is 10.9. The number of methoxy groups -OCH3 is 1. The van der Waals surface area contributed by atoms with Crippen LogP contribution in [0, 0.1) is 0 Å². The van der Waals surface area contributed by atoms with Gasteiger partial charge in [0.05, 0.1) is 12.0 Å². The highest BCUT2D eigenvalue weighted by Gasteiger charge is 2.33. The van der Waals surface area contributed by atoms with Crippen LogP contribution in [0.5, 0.6) is 5.75 Å². The minimum absolute atomic E-state index is 0.468. The highest BCUT2D eigenvalue weighted by atomic mass is 32.2. The first kappa shape index (κ1) is 11.8. The van der Waals surface area contributed by atoms with Gasteiger partial charge in [-0.2, -0.15) is 0 Å². The van der Waals surface area contributed by atoms with Gasteiger partial charge in [0, 0.05) is 11.3 Å². The molecule has 2 unspecified atom stereocenters. The predicted octanol–water partition coefficient (Wildman–Crippen LogP) is 3.23. The van der Waals surface area contributed by atoms with Gasteiger partial charge in [-0.05, 0) is 25.1 Å². The molecule has 1 aliphatic rings. The quantitative estimate of drug-likeness (QED) is 0.868. The van der Waals surface area contributed by atoms with Crippen molar-refractivity contribution in [3.63, 3.8) is 0 Å². The van der Waals surface area contributed by atoms with Crippen LogP contribution in [-0.4, -0.2) is 19.4 Å². The molecule has 0 bridgehead atoms. The summed E-state index contributed by atoms with van der Waals surface area (Å²) in [6.45, 7) is 2.24. The molecule has 1 aromatic carbocycles. The third-order valence-electron chi connectivity index (χ3n) is 3.09. The van der Waals surface area contributed by atoms with Crippen molar-refractivity contribution in [1.29, 1.82) is 0 Å². The van der Waals surface area contributed by atoms with Crippen molar-refractivity contribution in [2.45, 2.75) is 36.0 Å². The Balaban J connectivity index is 2.33. The lowest BCUT2D eigenvalue weighted by atomic mass is 10.0. The first-order valence-corrected chi connectivity index (χ1v) is 6.70. The number of thioether (sulfide) groups is 1. The van der Waals surface area contributed by atoms with Crippen molar-refractivity contribution in [3.8, 4) is 5.75 Å². The van der Waals surface area contributed by atoms with Crippen molar-refractivity contribution in [2.24, 2.45) is 0 Å². The lowest BCUT2D eigenvalue weighted by Crippen LogP contribution is -2.23. The summed E-state index contributed by atoms with van der Waals surface area (Å²) < 4.78 is 5.43. The largest absolute Gasteiger partial charge is 0.496 e. The molecule has 2 rings (SSSR count). The van der Waals surface area contributed by atoms with E-state index in [1.165, 1.54) is 23.3 Å². The Morgan fingerprint density at radius 2 is 2.25 bits per heavy atom. The fourth-order valence-corrected chi connectivity index (χ4v) is 4.01. The maximum Gasteiger partial charge on any atom is 0.132 e. The summed E-state index contributed by atoms with van der Waals surface area (Å²) >= 11 is 1.96. The highest BCUT2D eigenvalue weighted by Crippen LogP contribution is 2.49. The van der Waals surface area contributed by atoms with Gasteiger partial charge in [-0.25, -0.2) is 0 Å². The number of fused-ring (bicyclic) bond motifs is 1. The molecule has 3 heteroatoms. The molecule has 0 amide bonds. The monoisotopic (exact) mass is 237 g/mol. The molecule has 1 heterocycles. The summed E-state index contributed by atoms with van der Waals surface area (Å²) in [4.78, 5) is 1.32. The smallest absolute Gasteiger partial charge is 0.132 e. The van der Waals surface area contributed by atoms with Gasteiger partial charge in [0.2, 0.25) is 0 Å². The molecule has 1 aliphatic heterocycles. The summed E-state index contributed by atoms with van der Waals surface area (Å²) in [6, 6.07) is 6.81. The number of rotatable bonds is 4. The Kier molecular flexibility index (Phi) is 3.77. The Bertz CT molecular complexity index is 367. The maximum absolute atomic E-state index is 5.43. The molecule has 0 fully saturated rings. The maximum atomic E-state index is 5.43. The van der Waals surface area contributed by atoms with Gasteiger partial charge in [0.15, 0.2) is 0 Å². The standard InChI is InChI=1S/C13H19NOS/c1-4-6-11-12(14-2)9-7-5-8-10(15-3)13(9)16-11/h5,7-8,11-12,14H,4,6H2,1-3H3. The van der Waals surface area contributed by atoms with Gasteiger partial charge in [0.1, 0.15) is 5.75 Å². The van der Waals surface area contributed by atoms with E-state index in [4.69, 9.17) is 4.74 Å². The Morgan fingerprint density at radius 3 is 2.88 bits per heavy atom. The average Bonchev–Trinajstić information content (AvgIpc) is 2.66. The lowest BCUT2D eigenvalue weighted by molar-refractivity contribution is 0.403. The molecule has 16 heavy (non-hydrogen) atoms. The summed E-state index contributed by atoms with van der Waals surface area (Å²) in [6.07, 6.45) is 2.47. The SMILES string of the molecule is CCCC1Sc2c(OC)cccc2C1NC. The lowest BCUT2D eigenvalue weighted by Gasteiger charge is -2.17. The fraction of sp³-hybridized carbons (Fsp3) is 0.538. The van der Waals surface area contributed by atoms with Gasteiger partial charge in [-0.3, -0.25) is 0 Å². The first-order chi connectivity index (χ1) is 7.81. The van der Waals surface area contributed by atoms with Crippen LogP contribution < -0.4 is 10.1 Å². The molecule has 1 aromatic rings. The molecule has 1 N–H and O–H groups in total. The summed E-state index contributed by atoms with van der Waals surface area (Å²) in [5, 5.41) is 4.07. The molecule has 0 saturated heterocycles. The number of benzene rings is 1. The molecule has 88 valence electrons. The predicted molar refractivity (Wildman–Crippen MR) is 69.3 cm³/mol. The van der Waals surface area contributed by atoms with Crippen LogP contribution in [0.1, 0.15) is 31.4 Å². The van der Waals surface area contributed by atoms with Crippen molar-refractivity contribution >= 4 is 11.8 Å². The minimum Gasteiger partial charge on any atom is -0.496 e. The van der Waals surface area contributed by atoms with E-state index >= 15 is 0 Å². The van der Waals surface area contributed by atoms with Gasteiger partial charge < -0.3 is 10.1 Å². The zero-order valence-electron chi connectivity index (χ0n) is 10.1. The second kappa shape index (κ2) is 5.11. The molecule has 2 atom stereocenters. The van der Waals surface area contributed by atoms with Crippen LogP contribution in [0.2, 0.25) is 0 Å². The number of hydrogen-bond donors (Lipinski definition) is 1. The molecule has 0 aromatic heterocycles. The molecule has 0 radical (unpaired) electrons. The van der Waals surface area contributed by atoms with Gasteiger partial charge in [0.25, 0.3) is 0 Å². The summed E-state index contributed by atoms with van der Waals surface area (Å²) in [5.41, 5.74) is 1.39. The van der Waals surface area contributed by atoms with Crippen molar-refractivity contribution in [1.82, 2.24) is 5.32 Å². The van der Waals surface area contributed by atoms with Crippen LogP contribution >= 0.6 is 11.8 Å². The van der Waals surface area contributed by atoms with E-state index in [1.54, 1.807) is 7.11 Å². The van der Waals surface area contributed by atoms with Gasteiger partial charge in [-0.1, -0.05) is 25.5 Å². The molecule has 0 spiro atoms. The number of nitrogens with one attached hydrogen (secondary N) is 1. The van der Waals surface area contributed by atoms with Crippen LogP contribution in [0.15, 0.2) is 23.1 Å². The Morgan fingerprint density at radius 1 is 1.44 bits per heavy atom. The van der Waals surface area contributed by atoms with Crippen LogP contribution in [-0.2, 0) is 0 Å². The molecule has 0 saturated carbocycles. The third kappa shape index (κ3) is 1.94. The van der Waals surface area contributed by atoms with Gasteiger partial charge in [-0.15, -0.1) is 11.8 Å². The molecule has 0 aliphatic carbocycles. The van der Waals surface area contributed by atoms with E-state index < -0.39 is 0 Å². The second-order valence-electron chi connectivity index (χ2n) is 4.09. The molecule has 2 nitrogen and oxygen atoms in total. The Labute approximate surface area is 102 Å².